The Morgan fingerprint density at radius 1 is 1.12 bits per heavy atom. The topological polar surface area (TPSA) is 53.6 Å². The molecule has 2 unspecified atom stereocenters. The van der Waals surface area contributed by atoms with E-state index in [0.29, 0.717) is 0 Å². The van der Waals surface area contributed by atoms with Gasteiger partial charge in [0, 0.05) is 30.8 Å². The Bertz CT molecular complexity index is 410. The number of hydrogen-bond acceptors (Lipinski definition) is 3. The van der Waals surface area contributed by atoms with Crippen LogP contribution in [0.5, 0.6) is 0 Å². The minimum Gasteiger partial charge on any atom is -0.347 e. The summed E-state index contributed by atoms with van der Waals surface area (Å²) < 4.78 is 0. The predicted molar refractivity (Wildman–Crippen MR) is 62.8 cm³/mol. The van der Waals surface area contributed by atoms with Crippen LogP contribution in [0.3, 0.4) is 0 Å². The van der Waals surface area contributed by atoms with Gasteiger partial charge in [-0.3, -0.25) is 4.98 Å². The number of aromatic amines is 1. The molecule has 2 aromatic rings. The summed E-state index contributed by atoms with van der Waals surface area (Å²) in [4.78, 5) is 11.4. The third-order valence-electron chi connectivity index (χ3n) is 2.64. The van der Waals surface area contributed by atoms with E-state index in [0.717, 1.165) is 5.82 Å². The molecule has 0 aliphatic carbocycles. The quantitative estimate of drug-likeness (QED) is 0.824. The van der Waals surface area contributed by atoms with Crippen LogP contribution in [0.4, 0.5) is 0 Å². The molecule has 0 aliphatic rings. The van der Waals surface area contributed by atoms with Gasteiger partial charge in [-0.1, -0.05) is 0 Å². The first-order chi connectivity index (χ1) is 7.77. The fraction of sp³-hybridized carbons (Fsp3) is 0.333. The summed E-state index contributed by atoms with van der Waals surface area (Å²) in [6.45, 7) is 4.23. The highest BCUT2D eigenvalue weighted by Gasteiger charge is 2.12. The fourth-order valence-electron chi connectivity index (χ4n) is 1.72. The lowest BCUT2D eigenvalue weighted by atomic mass is 10.1. The molecule has 4 heteroatoms. The van der Waals surface area contributed by atoms with Gasteiger partial charge in [0.1, 0.15) is 5.82 Å². The van der Waals surface area contributed by atoms with Crippen molar-refractivity contribution in [2.24, 2.45) is 0 Å². The molecule has 0 bridgehead atoms. The van der Waals surface area contributed by atoms with Gasteiger partial charge in [0.25, 0.3) is 0 Å². The first-order valence-electron chi connectivity index (χ1n) is 5.42. The molecule has 84 valence electrons. The van der Waals surface area contributed by atoms with Crippen LogP contribution in [-0.4, -0.2) is 15.0 Å². The van der Waals surface area contributed by atoms with Gasteiger partial charge in [-0.2, -0.15) is 0 Å². The van der Waals surface area contributed by atoms with Crippen LogP contribution in [0.25, 0.3) is 0 Å². The van der Waals surface area contributed by atoms with E-state index < -0.39 is 0 Å². The summed E-state index contributed by atoms with van der Waals surface area (Å²) in [6.07, 6.45) is 7.23. The van der Waals surface area contributed by atoms with Gasteiger partial charge >= 0.3 is 0 Å². The third kappa shape index (κ3) is 2.46. The van der Waals surface area contributed by atoms with E-state index in [1.54, 1.807) is 6.20 Å². The Kier molecular flexibility index (Phi) is 3.31. The van der Waals surface area contributed by atoms with Gasteiger partial charge < -0.3 is 10.3 Å². The van der Waals surface area contributed by atoms with Crippen LogP contribution in [0.15, 0.2) is 36.9 Å². The normalized spacial score (nSPS) is 14.6. The molecular formula is C12H16N4. The van der Waals surface area contributed by atoms with Crippen molar-refractivity contribution in [3.63, 3.8) is 0 Å². The van der Waals surface area contributed by atoms with Crippen molar-refractivity contribution in [3.8, 4) is 0 Å². The van der Waals surface area contributed by atoms with Crippen LogP contribution in [0.2, 0.25) is 0 Å². The second-order valence-corrected chi connectivity index (χ2v) is 3.87. The molecule has 0 fully saturated rings. The van der Waals surface area contributed by atoms with Gasteiger partial charge in [-0.25, -0.2) is 4.98 Å². The van der Waals surface area contributed by atoms with Gasteiger partial charge in [0.05, 0.1) is 6.04 Å². The molecular weight excluding hydrogens is 200 g/mol. The Hall–Kier alpha value is -1.68. The van der Waals surface area contributed by atoms with E-state index in [1.807, 2.05) is 30.7 Å². The van der Waals surface area contributed by atoms with Gasteiger partial charge in [-0.15, -0.1) is 0 Å². The monoisotopic (exact) mass is 216 g/mol. The lowest BCUT2D eigenvalue weighted by molar-refractivity contribution is 0.479. The van der Waals surface area contributed by atoms with E-state index in [4.69, 9.17) is 0 Å². The lowest BCUT2D eigenvalue weighted by Gasteiger charge is -2.18. The fourth-order valence-corrected chi connectivity index (χ4v) is 1.72. The summed E-state index contributed by atoms with van der Waals surface area (Å²) in [5.74, 6) is 0.959. The average molecular weight is 216 g/mol. The molecule has 0 aliphatic heterocycles. The highest BCUT2D eigenvalue weighted by Crippen LogP contribution is 2.16. The molecule has 2 atom stereocenters. The van der Waals surface area contributed by atoms with Crippen LogP contribution in [-0.2, 0) is 0 Å². The number of imidazole rings is 1. The Morgan fingerprint density at radius 3 is 2.50 bits per heavy atom. The Balaban J connectivity index is 2.00. The van der Waals surface area contributed by atoms with E-state index >= 15 is 0 Å². The van der Waals surface area contributed by atoms with Gasteiger partial charge in [0.2, 0.25) is 0 Å². The summed E-state index contributed by atoms with van der Waals surface area (Å²) in [7, 11) is 0. The SMILES string of the molecule is CC(NC(C)c1ncc[nH]1)c1ccncc1. The first-order valence-corrected chi connectivity index (χ1v) is 5.42. The maximum Gasteiger partial charge on any atom is 0.122 e. The number of nitrogens with one attached hydrogen (secondary N) is 2. The van der Waals surface area contributed by atoms with Crippen molar-refractivity contribution in [2.45, 2.75) is 25.9 Å². The van der Waals surface area contributed by atoms with Crippen LogP contribution in [0, 0.1) is 0 Å². The Labute approximate surface area is 95.1 Å². The van der Waals surface area contributed by atoms with E-state index in [9.17, 15) is 0 Å². The molecule has 16 heavy (non-hydrogen) atoms. The molecule has 0 aromatic carbocycles. The summed E-state index contributed by atoms with van der Waals surface area (Å²) in [5, 5.41) is 3.48. The molecule has 0 radical (unpaired) electrons. The largest absolute Gasteiger partial charge is 0.347 e. The van der Waals surface area contributed by atoms with E-state index in [2.05, 4.69) is 34.1 Å². The van der Waals surface area contributed by atoms with Crippen molar-refractivity contribution in [3.05, 3.63) is 48.3 Å². The standard InChI is InChI=1S/C12H16N4/c1-9(11-3-5-13-6-4-11)16-10(2)12-14-7-8-15-12/h3-10,16H,1-2H3,(H,14,15). The van der Waals surface area contributed by atoms with Crippen molar-refractivity contribution in [1.29, 1.82) is 0 Å². The van der Waals surface area contributed by atoms with E-state index in [1.165, 1.54) is 5.56 Å². The Morgan fingerprint density at radius 2 is 1.88 bits per heavy atom. The number of pyridine rings is 1. The minimum atomic E-state index is 0.207. The maximum atomic E-state index is 4.23. The molecule has 0 amide bonds. The number of rotatable bonds is 4. The lowest BCUT2D eigenvalue weighted by Crippen LogP contribution is -2.23. The number of hydrogen-bond donors (Lipinski definition) is 2. The smallest absolute Gasteiger partial charge is 0.122 e. The zero-order valence-electron chi connectivity index (χ0n) is 9.51. The second kappa shape index (κ2) is 4.90. The van der Waals surface area contributed by atoms with Crippen LogP contribution >= 0.6 is 0 Å². The summed E-state index contributed by atoms with van der Waals surface area (Å²) in [6, 6.07) is 4.53. The molecule has 0 saturated carbocycles. The zero-order valence-corrected chi connectivity index (χ0v) is 9.51. The first kappa shape index (κ1) is 10.8. The average Bonchev–Trinajstić information content (AvgIpc) is 2.83. The van der Waals surface area contributed by atoms with Crippen molar-refractivity contribution >= 4 is 0 Å². The van der Waals surface area contributed by atoms with Crippen molar-refractivity contribution in [1.82, 2.24) is 20.3 Å². The summed E-state index contributed by atoms with van der Waals surface area (Å²) >= 11 is 0. The van der Waals surface area contributed by atoms with Crippen molar-refractivity contribution < 1.29 is 0 Å². The number of aromatic nitrogens is 3. The molecule has 4 nitrogen and oxygen atoms in total. The molecule has 2 heterocycles. The predicted octanol–water partition coefficient (Wildman–Crippen LogP) is 2.22. The number of H-pyrrole nitrogens is 1. The maximum absolute atomic E-state index is 4.23. The third-order valence-corrected chi connectivity index (χ3v) is 2.64. The van der Waals surface area contributed by atoms with Gasteiger partial charge in [0.15, 0.2) is 0 Å². The molecule has 2 aromatic heterocycles. The van der Waals surface area contributed by atoms with Crippen molar-refractivity contribution in [2.75, 3.05) is 0 Å². The highest BCUT2D eigenvalue weighted by atomic mass is 15.0. The van der Waals surface area contributed by atoms with Crippen LogP contribution < -0.4 is 5.32 Å². The molecule has 2 rings (SSSR count). The minimum absolute atomic E-state index is 0.207. The molecule has 0 spiro atoms. The van der Waals surface area contributed by atoms with Gasteiger partial charge in [-0.05, 0) is 31.5 Å². The highest BCUT2D eigenvalue weighted by molar-refractivity contribution is 5.14. The number of nitrogens with zero attached hydrogens (tertiary/aromatic N) is 2. The summed E-state index contributed by atoms with van der Waals surface area (Å²) in [5.41, 5.74) is 1.23. The zero-order chi connectivity index (χ0) is 11.4. The van der Waals surface area contributed by atoms with Crippen LogP contribution in [0.1, 0.15) is 37.3 Å². The molecule has 0 saturated heterocycles. The van der Waals surface area contributed by atoms with E-state index in [-0.39, 0.29) is 12.1 Å². The molecule has 2 N–H and O–H groups in total. The second-order valence-electron chi connectivity index (χ2n) is 3.87.